The highest BCUT2D eigenvalue weighted by molar-refractivity contribution is 5.89. The first kappa shape index (κ1) is 23.4. The molecule has 2 bridgehead atoms. The number of hydrogen-bond acceptors (Lipinski definition) is 5. The van der Waals surface area contributed by atoms with Gasteiger partial charge in [0.05, 0.1) is 5.52 Å². The van der Waals surface area contributed by atoms with Gasteiger partial charge in [0.1, 0.15) is 5.82 Å². The van der Waals surface area contributed by atoms with Gasteiger partial charge in [-0.3, -0.25) is 4.90 Å². The van der Waals surface area contributed by atoms with Gasteiger partial charge in [-0.1, -0.05) is 48.5 Å². The van der Waals surface area contributed by atoms with Crippen LogP contribution in [0.15, 0.2) is 78.9 Å². The third-order valence-electron chi connectivity index (χ3n) is 6.18. The molecule has 0 aliphatic carbocycles. The lowest BCUT2D eigenvalue weighted by Crippen LogP contribution is -2.52. The van der Waals surface area contributed by atoms with Gasteiger partial charge in [0.15, 0.2) is 0 Å². The number of carboxylic acid groups (broad SMARTS) is 2. The molecule has 176 valence electrons. The van der Waals surface area contributed by atoms with E-state index in [1.165, 1.54) is 30.5 Å². The van der Waals surface area contributed by atoms with Gasteiger partial charge in [0, 0.05) is 50.3 Å². The topological polar surface area (TPSA) is 94.0 Å². The van der Waals surface area contributed by atoms with Crippen LogP contribution in [-0.2, 0) is 16.1 Å². The van der Waals surface area contributed by atoms with Crippen LogP contribution in [0.4, 0.5) is 5.82 Å². The number of carbonyl (C=O) groups is 2. The van der Waals surface area contributed by atoms with E-state index in [4.69, 9.17) is 15.2 Å². The molecule has 3 heterocycles. The molecule has 2 aliphatic rings. The predicted octanol–water partition coefficient (Wildman–Crippen LogP) is 3.90. The summed E-state index contributed by atoms with van der Waals surface area (Å²) in [4.78, 5) is 29.2. The number of carboxylic acids is 2. The Kier molecular flexibility index (Phi) is 7.54. The Bertz CT molecular complexity index is 1130. The van der Waals surface area contributed by atoms with E-state index in [1.54, 1.807) is 0 Å². The predicted molar refractivity (Wildman–Crippen MR) is 132 cm³/mol. The molecule has 2 aromatic carbocycles. The number of aromatic nitrogens is 1. The molecule has 0 radical (unpaired) electrons. The number of piperidine rings is 2. The molecule has 0 spiro atoms. The fourth-order valence-corrected chi connectivity index (χ4v) is 4.92. The van der Waals surface area contributed by atoms with Gasteiger partial charge in [-0.15, -0.1) is 0 Å². The zero-order valence-corrected chi connectivity index (χ0v) is 19.0. The number of likely N-dealkylation sites (tertiary alicyclic amines) is 1. The van der Waals surface area contributed by atoms with Crippen molar-refractivity contribution in [3.05, 3.63) is 84.4 Å². The van der Waals surface area contributed by atoms with Crippen LogP contribution in [0, 0.1) is 11.8 Å². The van der Waals surface area contributed by atoms with Crippen LogP contribution in [0.2, 0.25) is 0 Å². The van der Waals surface area contributed by atoms with E-state index in [0.717, 1.165) is 42.8 Å². The molecule has 2 unspecified atom stereocenters. The zero-order valence-electron chi connectivity index (χ0n) is 19.0. The molecule has 2 saturated heterocycles. The number of rotatable bonds is 5. The van der Waals surface area contributed by atoms with Gasteiger partial charge in [-0.25, -0.2) is 14.6 Å². The average Bonchev–Trinajstić information content (AvgIpc) is 2.83. The Morgan fingerprint density at radius 3 is 2.09 bits per heavy atom. The van der Waals surface area contributed by atoms with E-state index in [-0.39, 0.29) is 0 Å². The molecular weight excluding hydrogens is 430 g/mol. The van der Waals surface area contributed by atoms with E-state index in [2.05, 4.69) is 76.5 Å². The van der Waals surface area contributed by atoms with Gasteiger partial charge in [-0.05, 0) is 42.0 Å². The lowest BCUT2D eigenvalue weighted by Gasteiger charge is -2.46. The Balaban J connectivity index is 0.000000297. The van der Waals surface area contributed by atoms with Crippen molar-refractivity contribution >= 4 is 28.7 Å². The number of hydrogen-bond donors (Lipinski definition) is 2. The minimum Gasteiger partial charge on any atom is -0.478 e. The summed E-state index contributed by atoms with van der Waals surface area (Å²) in [6.07, 6.45) is 2.49. The standard InChI is InChI=1S/C23H25N3.C4H4O4/c1-2-6-18(7-3-1)13-25-14-19-12-20(15-25)17-26(16-19)23-11-10-21-8-4-5-9-22(21)24-23;5-3(6)1-2-4(7)8/h1-11,19-20H,12-17H2;1-2H,(H,5,6)(H,7,8)/b;2-1+. The number of nitrogens with zero attached hydrogens (tertiary/aromatic N) is 3. The summed E-state index contributed by atoms with van der Waals surface area (Å²) in [5, 5.41) is 16.8. The van der Waals surface area contributed by atoms with Crippen molar-refractivity contribution in [2.24, 2.45) is 11.8 Å². The van der Waals surface area contributed by atoms with Crippen molar-refractivity contribution < 1.29 is 19.8 Å². The van der Waals surface area contributed by atoms with Gasteiger partial charge in [-0.2, -0.15) is 0 Å². The fraction of sp³-hybridized carbons (Fsp3) is 0.296. The smallest absolute Gasteiger partial charge is 0.328 e. The minimum absolute atomic E-state index is 0.558. The summed E-state index contributed by atoms with van der Waals surface area (Å²) in [5.41, 5.74) is 2.53. The molecule has 0 saturated carbocycles. The quantitative estimate of drug-likeness (QED) is 0.559. The molecule has 34 heavy (non-hydrogen) atoms. The summed E-state index contributed by atoms with van der Waals surface area (Å²) in [6.45, 7) is 5.76. The summed E-state index contributed by atoms with van der Waals surface area (Å²) in [6, 6.07) is 23.7. The number of para-hydroxylation sites is 1. The lowest BCUT2D eigenvalue weighted by molar-refractivity contribution is -0.134. The van der Waals surface area contributed by atoms with Crippen LogP contribution >= 0.6 is 0 Å². The highest BCUT2D eigenvalue weighted by Crippen LogP contribution is 2.32. The monoisotopic (exact) mass is 459 g/mol. The molecule has 2 N–H and O–H groups in total. The maximum Gasteiger partial charge on any atom is 0.328 e. The van der Waals surface area contributed by atoms with Crippen molar-refractivity contribution in [1.29, 1.82) is 0 Å². The minimum atomic E-state index is -1.26. The number of aliphatic carboxylic acids is 2. The maximum absolute atomic E-state index is 9.55. The fourth-order valence-electron chi connectivity index (χ4n) is 4.92. The van der Waals surface area contributed by atoms with Crippen LogP contribution in [0.1, 0.15) is 12.0 Å². The van der Waals surface area contributed by atoms with Crippen LogP contribution in [-0.4, -0.2) is 58.2 Å². The second kappa shape index (κ2) is 10.9. The number of benzene rings is 2. The van der Waals surface area contributed by atoms with E-state index in [9.17, 15) is 9.59 Å². The number of fused-ring (bicyclic) bond motifs is 3. The third kappa shape index (κ3) is 6.42. The average molecular weight is 460 g/mol. The molecule has 2 atom stereocenters. The molecule has 7 heteroatoms. The summed E-state index contributed by atoms with van der Waals surface area (Å²) in [5.74, 6) is 0.133. The summed E-state index contributed by atoms with van der Waals surface area (Å²) < 4.78 is 0. The maximum atomic E-state index is 9.55. The highest BCUT2D eigenvalue weighted by atomic mass is 16.4. The highest BCUT2D eigenvalue weighted by Gasteiger charge is 2.34. The summed E-state index contributed by atoms with van der Waals surface area (Å²) >= 11 is 0. The van der Waals surface area contributed by atoms with Crippen LogP contribution in [0.3, 0.4) is 0 Å². The van der Waals surface area contributed by atoms with E-state index < -0.39 is 11.9 Å². The van der Waals surface area contributed by atoms with Gasteiger partial charge >= 0.3 is 11.9 Å². The second-order valence-electron chi connectivity index (χ2n) is 8.92. The Morgan fingerprint density at radius 2 is 1.44 bits per heavy atom. The first-order valence-corrected chi connectivity index (χ1v) is 11.5. The Hall–Kier alpha value is -3.71. The van der Waals surface area contributed by atoms with E-state index >= 15 is 0 Å². The first-order chi connectivity index (χ1) is 16.5. The lowest BCUT2D eigenvalue weighted by atomic mass is 9.84. The normalized spacial score (nSPS) is 20.1. The molecule has 0 amide bonds. The second-order valence-corrected chi connectivity index (χ2v) is 8.92. The van der Waals surface area contributed by atoms with Gasteiger partial charge in [0.25, 0.3) is 0 Å². The Labute approximate surface area is 199 Å². The van der Waals surface area contributed by atoms with E-state index in [0.29, 0.717) is 12.2 Å². The molecule has 7 nitrogen and oxygen atoms in total. The van der Waals surface area contributed by atoms with Crippen molar-refractivity contribution in [1.82, 2.24) is 9.88 Å². The summed E-state index contributed by atoms with van der Waals surface area (Å²) in [7, 11) is 0. The molecule has 5 rings (SSSR count). The Morgan fingerprint density at radius 1 is 0.824 bits per heavy atom. The van der Waals surface area contributed by atoms with Crippen LogP contribution in [0.5, 0.6) is 0 Å². The van der Waals surface area contributed by atoms with Crippen molar-refractivity contribution in [3.8, 4) is 0 Å². The van der Waals surface area contributed by atoms with Gasteiger partial charge < -0.3 is 15.1 Å². The first-order valence-electron chi connectivity index (χ1n) is 11.5. The molecular formula is C27H29N3O4. The number of pyridine rings is 1. The molecule has 1 aromatic heterocycles. The number of anilines is 1. The van der Waals surface area contributed by atoms with Crippen molar-refractivity contribution in [2.75, 3.05) is 31.1 Å². The van der Waals surface area contributed by atoms with Crippen molar-refractivity contribution in [3.63, 3.8) is 0 Å². The zero-order chi connectivity index (χ0) is 23.9. The molecule has 2 fully saturated rings. The molecule has 2 aliphatic heterocycles. The van der Waals surface area contributed by atoms with Crippen LogP contribution in [0.25, 0.3) is 10.9 Å². The van der Waals surface area contributed by atoms with Gasteiger partial charge in [0.2, 0.25) is 0 Å². The third-order valence-corrected chi connectivity index (χ3v) is 6.18. The SMILES string of the molecule is O=C(O)/C=C/C(=O)O.c1ccc(CN2CC3CC(C2)CN(c2ccc4ccccc4n2)C3)cc1. The van der Waals surface area contributed by atoms with Crippen molar-refractivity contribution in [2.45, 2.75) is 13.0 Å². The van der Waals surface area contributed by atoms with Crippen LogP contribution < -0.4 is 4.90 Å². The van der Waals surface area contributed by atoms with E-state index in [1.807, 2.05) is 0 Å². The molecule has 3 aromatic rings. The largest absolute Gasteiger partial charge is 0.478 e.